The Bertz CT molecular complexity index is 338. The van der Waals surface area contributed by atoms with Crippen LogP contribution in [0.15, 0.2) is 0 Å². The Kier molecular flexibility index (Phi) is 285. The number of rotatable bonds is 4. The maximum absolute atomic E-state index is 2.42. The fourth-order valence-corrected chi connectivity index (χ4v) is 4.36. The molecule has 0 amide bonds. The Labute approximate surface area is 428 Å². The third-order valence-corrected chi connectivity index (χ3v) is 5.63. The van der Waals surface area contributed by atoms with Crippen LogP contribution in [0.5, 0.6) is 0 Å². The van der Waals surface area contributed by atoms with E-state index in [9.17, 15) is 0 Å². The Hall–Kier alpha value is 1.38. The van der Waals surface area contributed by atoms with Crippen LogP contribution in [0.1, 0.15) is 330 Å². The first-order valence-electron chi connectivity index (χ1n) is 25.3. The molecule has 2 rings (SSSR count). The normalized spacial score (nSPS) is 14.5. The summed E-state index contributed by atoms with van der Waals surface area (Å²) in [6, 6.07) is 0. The topological polar surface area (TPSA) is 0 Å². The second kappa shape index (κ2) is 137. The van der Waals surface area contributed by atoms with Crippen LogP contribution in [-0.4, -0.2) is 0 Å². The minimum absolute atomic E-state index is 0. The summed E-state index contributed by atoms with van der Waals surface area (Å²) in [6.45, 7) is 76.2. The van der Waals surface area contributed by atoms with Crippen molar-refractivity contribution >= 4 is 0 Å². The second-order valence-electron chi connectivity index (χ2n) is 15.5. The molecule has 2 heteroatoms. The van der Waals surface area contributed by atoms with Crippen LogP contribution in [0.3, 0.4) is 0 Å². The largest absolute Gasteiger partial charge is 0.0776 e. The van der Waals surface area contributed by atoms with E-state index in [1.165, 1.54) is 51.4 Å². The summed E-state index contributed by atoms with van der Waals surface area (Å²) in [5.74, 6) is 9.29. The first kappa shape index (κ1) is 125. The molecule has 0 nitrogen and oxygen atoms in total. The van der Waals surface area contributed by atoms with Crippen molar-refractivity contribution in [3.63, 3.8) is 0 Å². The van der Waals surface area contributed by atoms with E-state index in [-0.39, 0.29) is 71.8 Å². The molecular formula is C58H150Pt2. The Morgan fingerprint density at radius 1 is 0.283 bits per heavy atom. The van der Waals surface area contributed by atoms with Gasteiger partial charge in [-0.1, -0.05) is 317 Å². The van der Waals surface area contributed by atoms with Gasteiger partial charge in [-0.15, -0.1) is 0 Å². The molecule has 0 N–H and O–H groups in total. The van der Waals surface area contributed by atoms with Gasteiger partial charge in [0, 0.05) is 42.1 Å². The SMILES string of the molecule is C.C.C.C.CC.CC.CC.CC.CC.CC.CC.CC.CC.CC(C)C.CC(C)C.CC(C)C.CC(C)C.CC(C)CC1CCCC1C.CC(C)CC1CCCC1C.[Pt].[Pt]. The molecule has 0 bridgehead atoms. The standard InChI is InChI=1S/2C10H20.4C4H10.9C2H6.4CH4.2Pt/c2*1-8(2)7-10-6-4-5-9(10)3;4*1-4(2)3;9*1-2;;;;;;/h2*8-10H,4-7H2,1-3H3;4*4H,1-3H3;9*1-2H3;4*1H4;;. The third kappa shape index (κ3) is 234. The smallest absolute Gasteiger partial charge is 0 e. The maximum Gasteiger partial charge on any atom is 0 e. The van der Waals surface area contributed by atoms with Crippen molar-refractivity contribution in [2.45, 2.75) is 330 Å². The van der Waals surface area contributed by atoms with Gasteiger partial charge in [-0.25, -0.2) is 0 Å². The van der Waals surface area contributed by atoms with E-state index in [1.54, 1.807) is 0 Å². The van der Waals surface area contributed by atoms with E-state index >= 15 is 0 Å². The summed E-state index contributed by atoms with van der Waals surface area (Å²) in [5.41, 5.74) is 0. The van der Waals surface area contributed by atoms with E-state index in [4.69, 9.17) is 0 Å². The van der Waals surface area contributed by atoms with Crippen molar-refractivity contribution in [2.75, 3.05) is 0 Å². The summed E-state index contributed by atoms with van der Waals surface area (Å²) in [5, 5.41) is 0. The van der Waals surface area contributed by atoms with Crippen LogP contribution in [0.25, 0.3) is 0 Å². The minimum Gasteiger partial charge on any atom is -0.0776 e. The molecule has 0 aromatic heterocycles. The second-order valence-corrected chi connectivity index (χ2v) is 15.5. The zero-order valence-corrected chi connectivity index (χ0v) is 52.6. The van der Waals surface area contributed by atoms with Crippen LogP contribution in [0, 0.1) is 59.2 Å². The van der Waals surface area contributed by atoms with Gasteiger partial charge in [0.15, 0.2) is 0 Å². The zero-order chi connectivity index (χ0) is 47.4. The van der Waals surface area contributed by atoms with Crippen LogP contribution < -0.4 is 0 Å². The molecule has 4 atom stereocenters. The minimum atomic E-state index is 0. The van der Waals surface area contributed by atoms with Crippen LogP contribution in [0.4, 0.5) is 0 Å². The molecule has 4 unspecified atom stereocenters. The molecule has 2 fully saturated rings. The van der Waals surface area contributed by atoms with E-state index in [0.717, 1.165) is 59.2 Å². The van der Waals surface area contributed by atoms with E-state index in [0.29, 0.717) is 0 Å². The van der Waals surface area contributed by atoms with E-state index < -0.39 is 0 Å². The molecule has 0 saturated heterocycles. The zero-order valence-electron chi connectivity index (χ0n) is 48.1. The average Bonchev–Trinajstić information content (AvgIpc) is 3.74. The van der Waals surface area contributed by atoms with Crippen molar-refractivity contribution < 1.29 is 42.1 Å². The molecular weight excluding hydrogens is 1090 g/mol. The molecule has 2 aliphatic carbocycles. The summed E-state index contributed by atoms with van der Waals surface area (Å²) < 4.78 is 0. The quantitative estimate of drug-likeness (QED) is 0.263. The van der Waals surface area contributed by atoms with Gasteiger partial charge in [0.25, 0.3) is 0 Å². The van der Waals surface area contributed by atoms with Gasteiger partial charge in [0.1, 0.15) is 0 Å². The average molecular weight is 1240 g/mol. The molecule has 2 aliphatic rings. The fraction of sp³-hybridized carbons (Fsp3) is 1.00. The fourth-order valence-electron chi connectivity index (χ4n) is 4.36. The maximum atomic E-state index is 2.42. The van der Waals surface area contributed by atoms with Gasteiger partial charge in [0.2, 0.25) is 0 Å². The monoisotopic (exact) mass is 1240 g/mol. The Morgan fingerprint density at radius 3 is 0.467 bits per heavy atom. The van der Waals surface area contributed by atoms with Gasteiger partial charge in [-0.2, -0.15) is 0 Å². The van der Waals surface area contributed by atoms with Crippen molar-refractivity contribution in [2.24, 2.45) is 59.2 Å². The van der Waals surface area contributed by atoms with Gasteiger partial charge < -0.3 is 0 Å². The first-order valence-corrected chi connectivity index (χ1v) is 25.3. The number of hydrogen-bond acceptors (Lipinski definition) is 0. The van der Waals surface area contributed by atoms with Gasteiger partial charge in [0.05, 0.1) is 0 Å². The Morgan fingerprint density at radius 2 is 0.400 bits per heavy atom. The van der Waals surface area contributed by atoms with Crippen LogP contribution in [0.2, 0.25) is 0 Å². The predicted octanol–water partition coefficient (Wildman–Crippen LogP) is 25.4. The van der Waals surface area contributed by atoms with Crippen LogP contribution in [-0.2, 0) is 42.1 Å². The molecule has 0 aromatic rings. The van der Waals surface area contributed by atoms with Crippen molar-refractivity contribution in [1.29, 1.82) is 0 Å². The summed E-state index contributed by atoms with van der Waals surface area (Å²) in [4.78, 5) is 0. The molecule has 0 aromatic carbocycles. The molecule has 60 heavy (non-hydrogen) atoms. The number of hydrogen-bond donors (Lipinski definition) is 0. The molecule has 0 radical (unpaired) electrons. The van der Waals surface area contributed by atoms with Crippen molar-refractivity contribution in [3.05, 3.63) is 0 Å². The van der Waals surface area contributed by atoms with E-state index in [1.807, 2.05) is 125 Å². The van der Waals surface area contributed by atoms with E-state index in [2.05, 4.69) is 125 Å². The molecule has 0 heterocycles. The predicted molar refractivity (Wildman–Crippen MR) is 303 cm³/mol. The first-order chi connectivity index (χ1) is 25.3. The van der Waals surface area contributed by atoms with Gasteiger partial charge in [-0.05, 0) is 72.0 Å². The van der Waals surface area contributed by atoms with Crippen molar-refractivity contribution in [3.8, 4) is 0 Å². The summed E-state index contributed by atoms with van der Waals surface area (Å²) in [7, 11) is 0. The van der Waals surface area contributed by atoms with Crippen molar-refractivity contribution in [1.82, 2.24) is 0 Å². The summed E-state index contributed by atoms with van der Waals surface area (Å²) in [6.07, 6.45) is 11.9. The third-order valence-electron chi connectivity index (χ3n) is 5.63. The molecule has 402 valence electrons. The molecule has 0 aliphatic heterocycles. The van der Waals surface area contributed by atoms with Gasteiger partial charge >= 0.3 is 0 Å². The molecule has 0 spiro atoms. The summed E-state index contributed by atoms with van der Waals surface area (Å²) >= 11 is 0. The van der Waals surface area contributed by atoms with Crippen LogP contribution >= 0.6 is 0 Å². The Balaban J connectivity index is -0.0000000186. The van der Waals surface area contributed by atoms with Gasteiger partial charge in [-0.3, -0.25) is 0 Å². The molecule has 2 saturated carbocycles.